The second-order valence-electron chi connectivity index (χ2n) is 4.64. The van der Waals surface area contributed by atoms with Crippen molar-refractivity contribution in [3.05, 3.63) is 5.56 Å². The lowest BCUT2D eigenvalue weighted by Crippen LogP contribution is -2.19. The van der Waals surface area contributed by atoms with Crippen molar-refractivity contribution < 1.29 is 4.74 Å². The van der Waals surface area contributed by atoms with Gasteiger partial charge in [0.05, 0.1) is 7.11 Å². The van der Waals surface area contributed by atoms with Gasteiger partial charge in [0, 0.05) is 12.1 Å². The number of nitrogens with one attached hydrogen (secondary N) is 2. The Morgan fingerprint density at radius 2 is 1.95 bits per heavy atom. The van der Waals surface area contributed by atoms with E-state index in [4.69, 9.17) is 4.74 Å². The Morgan fingerprint density at radius 3 is 2.42 bits per heavy atom. The molecule has 0 fully saturated rings. The van der Waals surface area contributed by atoms with E-state index in [0.717, 1.165) is 6.42 Å². The van der Waals surface area contributed by atoms with Crippen LogP contribution in [0, 0.1) is 11.3 Å². The van der Waals surface area contributed by atoms with Gasteiger partial charge < -0.3 is 15.4 Å². The molecule has 1 heterocycles. The quantitative estimate of drug-likeness (QED) is 0.820. The number of nitrogens with zero attached hydrogens (tertiary/aromatic N) is 3. The Balaban J connectivity index is 3.20. The summed E-state index contributed by atoms with van der Waals surface area (Å²) in [5, 5.41) is 15.5. The molecule has 1 aromatic heterocycles. The molecule has 0 saturated heterocycles. The maximum Gasteiger partial charge on any atom is 0.238 e. The summed E-state index contributed by atoms with van der Waals surface area (Å²) in [6, 6.07) is 2.51. The second kappa shape index (κ2) is 6.78. The van der Waals surface area contributed by atoms with Gasteiger partial charge in [-0.2, -0.15) is 15.2 Å². The van der Waals surface area contributed by atoms with E-state index < -0.39 is 0 Å². The topological polar surface area (TPSA) is 82.9 Å². The van der Waals surface area contributed by atoms with E-state index in [1.54, 1.807) is 0 Å². The molecule has 1 rings (SSSR count). The third-order valence-corrected chi connectivity index (χ3v) is 2.59. The molecule has 0 aliphatic heterocycles. The third kappa shape index (κ3) is 3.98. The van der Waals surface area contributed by atoms with Crippen LogP contribution in [-0.2, 0) is 0 Å². The number of hydrogen-bond acceptors (Lipinski definition) is 6. The van der Waals surface area contributed by atoms with E-state index in [-0.39, 0.29) is 18.0 Å². The van der Waals surface area contributed by atoms with E-state index in [2.05, 4.69) is 33.6 Å². The molecule has 6 nitrogen and oxygen atoms in total. The third-order valence-electron chi connectivity index (χ3n) is 2.59. The first-order valence-corrected chi connectivity index (χ1v) is 6.41. The fourth-order valence-electron chi connectivity index (χ4n) is 1.45. The van der Waals surface area contributed by atoms with Gasteiger partial charge in [0.25, 0.3) is 0 Å². The highest BCUT2D eigenvalue weighted by atomic mass is 16.5. The maximum absolute atomic E-state index is 9.22. The van der Waals surface area contributed by atoms with Gasteiger partial charge in [-0.05, 0) is 27.2 Å². The zero-order valence-electron chi connectivity index (χ0n) is 12.1. The molecule has 6 heteroatoms. The highest BCUT2D eigenvalue weighted by molar-refractivity contribution is 5.60. The molecule has 1 unspecified atom stereocenters. The first-order valence-electron chi connectivity index (χ1n) is 6.41. The van der Waals surface area contributed by atoms with Gasteiger partial charge >= 0.3 is 0 Å². The summed E-state index contributed by atoms with van der Waals surface area (Å²) >= 11 is 0. The van der Waals surface area contributed by atoms with Crippen LogP contribution in [0.3, 0.4) is 0 Å². The fourth-order valence-corrected chi connectivity index (χ4v) is 1.45. The van der Waals surface area contributed by atoms with Crippen molar-refractivity contribution in [1.29, 1.82) is 5.26 Å². The van der Waals surface area contributed by atoms with Crippen molar-refractivity contribution in [1.82, 2.24) is 9.97 Å². The average molecular weight is 263 g/mol. The number of aromatic nitrogens is 2. The molecule has 104 valence electrons. The van der Waals surface area contributed by atoms with Gasteiger partial charge in [0.15, 0.2) is 11.4 Å². The predicted octanol–water partition coefficient (Wildman–Crippen LogP) is 2.39. The minimum atomic E-state index is 0.203. The molecule has 0 aliphatic rings. The van der Waals surface area contributed by atoms with Gasteiger partial charge in [-0.3, -0.25) is 0 Å². The minimum absolute atomic E-state index is 0.203. The van der Waals surface area contributed by atoms with Crippen molar-refractivity contribution >= 4 is 11.8 Å². The normalized spacial score (nSPS) is 11.8. The largest absolute Gasteiger partial charge is 0.480 e. The molecule has 1 aromatic rings. The van der Waals surface area contributed by atoms with Crippen LogP contribution < -0.4 is 15.4 Å². The summed E-state index contributed by atoms with van der Waals surface area (Å²) < 4.78 is 5.16. The van der Waals surface area contributed by atoms with Crippen molar-refractivity contribution in [3.63, 3.8) is 0 Å². The van der Waals surface area contributed by atoms with Crippen molar-refractivity contribution in [2.24, 2.45) is 0 Å². The lowest BCUT2D eigenvalue weighted by Gasteiger charge is -2.16. The molecule has 0 amide bonds. The summed E-state index contributed by atoms with van der Waals surface area (Å²) in [4.78, 5) is 8.53. The summed E-state index contributed by atoms with van der Waals surface area (Å²) in [6.07, 6.45) is 0.935. The minimum Gasteiger partial charge on any atom is -0.480 e. The first-order chi connectivity index (χ1) is 9.01. The molecule has 0 saturated carbocycles. The zero-order valence-corrected chi connectivity index (χ0v) is 12.1. The smallest absolute Gasteiger partial charge is 0.238 e. The maximum atomic E-state index is 9.22. The number of rotatable bonds is 6. The van der Waals surface area contributed by atoms with Crippen LogP contribution in [-0.4, -0.2) is 29.2 Å². The Labute approximate surface area is 114 Å². The number of methoxy groups -OCH3 is 1. The highest BCUT2D eigenvalue weighted by Gasteiger charge is 2.16. The Morgan fingerprint density at radius 1 is 1.26 bits per heavy atom. The van der Waals surface area contributed by atoms with Crippen LogP contribution in [0.4, 0.5) is 11.8 Å². The number of hydrogen-bond donors (Lipinski definition) is 2. The lowest BCUT2D eigenvalue weighted by molar-refractivity contribution is 0.396. The summed E-state index contributed by atoms with van der Waals surface area (Å²) in [5.41, 5.74) is 0.331. The molecule has 1 atom stereocenters. The molecule has 0 aromatic carbocycles. The monoisotopic (exact) mass is 263 g/mol. The van der Waals surface area contributed by atoms with Crippen LogP contribution in [0.1, 0.15) is 39.7 Å². The zero-order chi connectivity index (χ0) is 14.4. The van der Waals surface area contributed by atoms with Crippen molar-refractivity contribution in [2.45, 2.75) is 46.2 Å². The van der Waals surface area contributed by atoms with Crippen LogP contribution >= 0.6 is 0 Å². The van der Waals surface area contributed by atoms with Crippen LogP contribution in [0.5, 0.6) is 5.88 Å². The molecule has 0 radical (unpaired) electrons. The SMILES string of the molecule is CCC(C)Nc1nc(NC(C)C)nc(OC)c1C#N. The van der Waals surface area contributed by atoms with Gasteiger partial charge in [-0.1, -0.05) is 6.92 Å². The molecule has 0 aliphatic carbocycles. The lowest BCUT2D eigenvalue weighted by atomic mass is 10.2. The predicted molar refractivity (Wildman–Crippen MR) is 75.4 cm³/mol. The first kappa shape index (κ1) is 15.0. The number of anilines is 2. The summed E-state index contributed by atoms with van der Waals surface area (Å²) in [6.45, 7) is 8.09. The standard InChI is InChI=1S/C13H21N5O/c1-6-9(4)16-11-10(7-14)12(19-5)18-13(17-11)15-8(2)3/h8-9H,6H2,1-5H3,(H2,15,16,17,18). The molecule has 0 bridgehead atoms. The number of nitriles is 1. The van der Waals surface area contributed by atoms with E-state index in [1.165, 1.54) is 7.11 Å². The number of ether oxygens (including phenoxy) is 1. The van der Waals surface area contributed by atoms with E-state index in [9.17, 15) is 5.26 Å². The Hall–Kier alpha value is -2.03. The highest BCUT2D eigenvalue weighted by Crippen LogP contribution is 2.24. The molecule has 0 spiro atoms. The van der Waals surface area contributed by atoms with Gasteiger partial charge in [0.2, 0.25) is 11.8 Å². The Bertz CT molecular complexity index is 467. The molecular formula is C13H21N5O. The molecular weight excluding hydrogens is 242 g/mol. The molecule has 19 heavy (non-hydrogen) atoms. The van der Waals surface area contributed by atoms with E-state index in [1.807, 2.05) is 20.8 Å². The van der Waals surface area contributed by atoms with Crippen molar-refractivity contribution in [3.8, 4) is 11.9 Å². The average Bonchev–Trinajstić information content (AvgIpc) is 2.37. The van der Waals surface area contributed by atoms with Crippen LogP contribution in [0.2, 0.25) is 0 Å². The van der Waals surface area contributed by atoms with Gasteiger partial charge in [0.1, 0.15) is 6.07 Å². The van der Waals surface area contributed by atoms with Gasteiger partial charge in [-0.25, -0.2) is 0 Å². The molecule has 2 N–H and O–H groups in total. The van der Waals surface area contributed by atoms with E-state index in [0.29, 0.717) is 17.3 Å². The fraction of sp³-hybridized carbons (Fsp3) is 0.615. The summed E-state index contributed by atoms with van der Waals surface area (Å²) in [5.74, 6) is 1.25. The second-order valence-corrected chi connectivity index (χ2v) is 4.64. The summed E-state index contributed by atoms with van der Waals surface area (Å²) in [7, 11) is 1.50. The van der Waals surface area contributed by atoms with Crippen LogP contribution in [0.15, 0.2) is 0 Å². The van der Waals surface area contributed by atoms with E-state index >= 15 is 0 Å². The van der Waals surface area contributed by atoms with Crippen molar-refractivity contribution in [2.75, 3.05) is 17.7 Å². The Kier molecular flexibility index (Phi) is 5.37. The van der Waals surface area contributed by atoms with Gasteiger partial charge in [-0.15, -0.1) is 0 Å². The van der Waals surface area contributed by atoms with Crippen LogP contribution in [0.25, 0.3) is 0 Å².